The molecule has 1 atom stereocenters. The number of aliphatic hydroxyl groups is 1. The van der Waals surface area contributed by atoms with E-state index in [-0.39, 0.29) is 17.8 Å². The van der Waals surface area contributed by atoms with E-state index in [9.17, 15) is 5.11 Å². The zero-order valence-electron chi connectivity index (χ0n) is 10.8. The van der Waals surface area contributed by atoms with Crippen molar-refractivity contribution in [2.75, 3.05) is 24.2 Å². The standard InChI is InChI=1S/C14H18N4O/c15-6-10-11(2-5-17-12(10)16)18-8-14(9-19)7-13(14)3-1-4-13/h2,5,19H,1,3-4,7-9H2,(H3,16,17,18). The minimum Gasteiger partial charge on any atom is -0.396 e. The van der Waals surface area contributed by atoms with Crippen molar-refractivity contribution in [2.45, 2.75) is 25.7 Å². The van der Waals surface area contributed by atoms with Gasteiger partial charge in [0, 0.05) is 18.2 Å². The van der Waals surface area contributed by atoms with E-state index in [0.29, 0.717) is 23.2 Å². The predicted molar refractivity (Wildman–Crippen MR) is 72.3 cm³/mol. The number of aliphatic hydroxyl groups excluding tert-OH is 1. The van der Waals surface area contributed by atoms with Gasteiger partial charge in [-0.15, -0.1) is 0 Å². The lowest BCUT2D eigenvalue weighted by atomic mass is 9.75. The number of nitrogens with zero attached hydrogens (tertiary/aromatic N) is 2. The Morgan fingerprint density at radius 3 is 2.84 bits per heavy atom. The van der Waals surface area contributed by atoms with Crippen LogP contribution < -0.4 is 11.1 Å². The maximum absolute atomic E-state index is 9.67. The van der Waals surface area contributed by atoms with Crippen LogP contribution in [0.1, 0.15) is 31.2 Å². The van der Waals surface area contributed by atoms with Crippen molar-refractivity contribution in [3.8, 4) is 6.07 Å². The average Bonchev–Trinajstić information content (AvgIpc) is 3.07. The van der Waals surface area contributed by atoms with Crippen LogP contribution in [0.2, 0.25) is 0 Å². The molecule has 1 spiro atoms. The van der Waals surface area contributed by atoms with Gasteiger partial charge in [-0.05, 0) is 30.7 Å². The molecule has 2 aliphatic rings. The molecule has 100 valence electrons. The smallest absolute Gasteiger partial charge is 0.143 e. The monoisotopic (exact) mass is 258 g/mol. The van der Waals surface area contributed by atoms with E-state index in [1.807, 2.05) is 0 Å². The molecule has 1 heterocycles. The van der Waals surface area contributed by atoms with E-state index in [4.69, 9.17) is 11.0 Å². The lowest BCUT2D eigenvalue weighted by Gasteiger charge is -2.32. The van der Waals surface area contributed by atoms with Crippen LogP contribution in [0.3, 0.4) is 0 Å². The van der Waals surface area contributed by atoms with Crippen LogP contribution in [-0.2, 0) is 0 Å². The molecule has 0 amide bonds. The van der Waals surface area contributed by atoms with Gasteiger partial charge in [-0.3, -0.25) is 0 Å². The lowest BCUT2D eigenvalue weighted by molar-refractivity contribution is 0.132. The van der Waals surface area contributed by atoms with Gasteiger partial charge >= 0.3 is 0 Å². The van der Waals surface area contributed by atoms with E-state index in [0.717, 1.165) is 6.42 Å². The first kappa shape index (κ1) is 12.2. The first-order valence-corrected chi connectivity index (χ1v) is 6.66. The summed E-state index contributed by atoms with van der Waals surface area (Å²) in [7, 11) is 0. The average molecular weight is 258 g/mol. The number of hydrogen-bond acceptors (Lipinski definition) is 5. The quantitative estimate of drug-likeness (QED) is 0.760. The summed E-state index contributed by atoms with van der Waals surface area (Å²) in [5, 5.41) is 22.1. The first-order chi connectivity index (χ1) is 9.16. The Morgan fingerprint density at radius 1 is 1.53 bits per heavy atom. The van der Waals surface area contributed by atoms with Crippen LogP contribution in [0.5, 0.6) is 0 Å². The summed E-state index contributed by atoms with van der Waals surface area (Å²) in [5.74, 6) is 0.250. The van der Waals surface area contributed by atoms with Gasteiger partial charge in [0.05, 0.1) is 12.3 Å². The van der Waals surface area contributed by atoms with Crippen LogP contribution in [0, 0.1) is 22.2 Å². The van der Waals surface area contributed by atoms with E-state index >= 15 is 0 Å². The summed E-state index contributed by atoms with van der Waals surface area (Å²) in [6, 6.07) is 3.83. The van der Waals surface area contributed by atoms with Crippen LogP contribution in [0.25, 0.3) is 0 Å². The van der Waals surface area contributed by atoms with Crippen LogP contribution in [0.15, 0.2) is 12.3 Å². The normalized spacial score (nSPS) is 26.5. The highest BCUT2D eigenvalue weighted by molar-refractivity contribution is 5.66. The van der Waals surface area contributed by atoms with Gasteiger partial charge in [0.25, 0.3) is 0 Å². The fraction of sp³-hybridized carbons (Fsp3) is 0.571. The number of nitrogen functional groups attached to an aromatic ring is 1. The second kappa shape index (κ2) is 4.10. The van der Waals surface area contributed by atoms with E-state index in [2.05, 4.69) is 16.4 Å². The molecule has 19 heavy (non-hydrogen) atoms. The largest absolute Gasteiger partial charge is 0.396 e. The van der Waals surface area contributed by atoms with Crippen LogP contribution in [0.4, 0.5) is 11.5 Å². The van der Waals surface area contributed by atoms with E-state index in [1.54, 1.807) is 12.3 Å². The lowest BCUT2D eigenvalue weighted by Crippen LogP contribution is -2.30. The zero-order chi connectivity index (χ0) is 13.5. The third kappa shape index (κ3) is 1.67. The number of rotatable bonds is 4. The summed E-state index contributed by atoms with van der Waals surface area (Å²) in [4.78, 5) is 3.91. The Bertz CT molecular complexity index is 547. The Kier molecular flexibility index (Phi) is 2.64. The molecule has 5 heteroatoms. The summed E-state index contributed by atoms with van der Waals surface area (Å²) < 4.78 is 0. The van der Waals surface area contributed by atoms with E-state index < -0.39 is 0 Å². The molecular formula is C14H18N4O. The number of pyridine rings is 1. The van der Waals surface area contributed by atoms with Gasteiger partial charge in [0.1, 0.15) is 17.5 Å². The molecule has 2 fully saturated rings. The Morgan fingerprint density at radius 2 is 2.32 bits per heavy atom. The molecule has 4 N–H and O–H groups in total. The molecule has 3 rings (SSSR count). The Balaban J connectivity index is 1.74. The number of nitrogens with two attached hydrogens (primary N) is 1. The number of aromatic nitrogens is 1. The summed E-state index contributed by atoms with van der Waals surface area (Å²) in [5.41, 5.74) is 7.14. The molecule has 2 saturated carbocycles. The molecule has 1 aromatic heterocycles. The molecule has 1 aromatic rings. The van der Waals surface area contributed by atoms with Gasteiger partial charge in [-0.25, -0.2) is 4.98 Å². The van der Waals surface area contributed by atoms with Gasteiger partial charge < -0.3 is 16.2 Å². The predicted octanol–water partition coefficient (Wildman–Crippen LogP) is 1.50. The fourth-order valence-electron chi connectivity index (χ4n) is 3.45. The summed E-state index contributed by atoms with van der Waals surface area (Å²) in [6.07, 6.45) is 6.40. The van der Waals surface area contributed by atoms with Crippen molar-refractivity contribution in [3.63, 3.8) is 0 Å². The topological polar surface area (TPSA) is 95.0 Å². The van der Waals surface area contributed by atoms with Crippen molar-refractivity contribution >= 4 is 11.5 Å². The molecule has 0 aromatic carbocycles. The second-order valence-corrected chi connectivity index (χ2v) is 5.83. The van der Waals surface area contributed by atoms with Crippen molar-refractivity contribution in [3.05, 3.63) is 17.8 Å². The molecule has 0 bridgehead atoms. The number of hydrogen-bond donors (Lipinski definition) is 3. The van der Waals surface area contributed by atoms with Gasteiger partial charge in [0.15, 0.2) is 0 Å². The minimum absolute atomic E-state index is 0.00396. The Labute approximate surface area is 112 Å². The van der Waals surface area contributed by atoms with Gasteiger partial charge in [-0.1, -0.05) is 6.42 Å². The Hall–Kier alpha value is -1.80. The van der Waals surface area contributed by atoms with Gasteiger partial charge in [-0.2, -0.15) is 5.26 Å². The maximum atomic E-state index is 9.67. The van der Waals surface area contributed by atoms with Crippen molar-refractivity contribution in [1.82, 2.24) is 4.98 Å². The zero-order valence-corrected chi connectivity index (χ0v) is 10.8. The van der Waals surface area contributed by atoms with Crippen LogP contribution in [-0.4, -0.2) is 23.2 Å². The third-order valence-corrected chi connectivity index (χ3v) is 5.00. The maximum Gasteiger partial charge on any atom is 0.143 e. The van der Waals surface area contributed by atoms with E-state index in [1.165, 1.54) is 19.3 Å². The number of nitriles is 1. The molecular weight excluding hydrogens is 240 g/mol. The highest BCUT2D eigenvalue weighted by Gasteiger charge is 2.68. The molecule has 1 unspecified atom stereocenters. The van der Waals surface area contributed by atoms with Crippen LogP contribution >= 0.6 is 0 Å². The summed E-state index contributed by atoms with van der Waals surface area (Å²) >= 11 is 0. The van der Waals surface area contributed by atoms with Crippen molar-refractivity contribution in [1.29, 1.82) is 5.26 Å². The molecule has 0 saturated heterocycles. The van der Waals surface area contributed by atoms with Crippen molar-refractivity contribution < 1.29 is 5.11 Å². The second-order valence-electron chi connectivity index (χ2n) is 5.83. The minimum atomic E-state index is -0.00396. The number of nitrogens with one attached hydrogen (secondary N) is 1. The first-order valence-electron chi connectivity index (χ1n) is 6.66. The highest BCUT2D eigenvalue weighted by atomic mass is 16.3. The molecule has 0 radical (unpaired) electrons. The molecule has 2 aliphatic carbocycles. The highest BCUT2D eigenvalue weighted by Crippen LogP contribution is 2.73. The summed E-state index contributed by atoms with van der Waals surface area (Å²) in [6.45, 7) is 0.907. The van der Waals surface area contributed by atoms with Crippen molar-refractivity contribution in [2.24, 2.45) is 10.8 Å². The molecule has 5 nitrogen and oxygen atoms in total. The fourth-order valence-corrected chi connectivity index (χ4v) is 3.45. The molecule has 0 aliphatic heterocycles. The SMILES string of the molecule is N#Cc1c(NCC2(CO)CC23CCC3)ccnc1N. The third-order valence-electron chi connectivity index (χ3n) is 5.00. The number of anilines is 2. The van der Waals surface area contributed by atoms with Gasteiger partial charge in [0.2, 0.25) is 0 Å².